The third-order valence-electron chi connectivity index (χ3n) is 4.52. The summed E-state index contributed by atoms with van der Waals surface area (Å²) in [7, 11) is 0. The molecule has 1 amide bonds. The zero-order valence-electron chi connectivity index (χ0n) is 16.7. The summed E-state index contributed by atoms with van der Waals surface area (Å²) in [6.45, 7) is -0.0390. The highest BCUT2D eigenvalue weighted by molar-refractivity contribution is 6.31. The van der Waals surface area contributed by atoms with E-state index in [0.29, 0.717) is 16.5 Å². The van der Waals surface area contributed by atoms with Crippen molar-refractivity contribution in [2.45, 2.75) is 6.54 Å². The fourth-order valence-corrected chi connectivity index (χ4v) is 3.44. The molecular formula is C22H15Cl2F2N5O2. The van der Waals surface area contributed by atoms with Crippen LogP contribution < -0.4 is 10.6 Å². The van der Waals surface area contributed by atoms with Crippen LogP contribution in [0.3, 0.4) is 0 Å². The molecule has 4 N–H and O–H groups in total. The topological polar surface area (TPSA) is 102 Å². The van der Waals surface area contributed by atoms with Gasteiger partial charge in [-0.2, -0.15) is 5.10 Å². The number of phenolic OH excluding ortho intramolecular Hbond substituents is 1. The molecule has 4 aromatic rings. The molecule has 0 atom stereocenters. The molecule has 0 bridgehead atoms. The van der Waals surface area contributed by atoms with Crippen molar-refractivity contribution in [2.75, 3.05) is 5.32 Å². The van der Waals surface area contributed by atoms with Crippen LogP contribution in [0.1, 0.15) is 15.9 Å². The number of amides is 1. The lowest BCUT2D eigenvalue weighted by Crippen LogP contribution is -2.36. The second kappa shape index (κ2) is 9.43. The minimum atomic E-state index is -0.648. The molecule has 0 aliphatic heterocycles. The lowest BCUT2D eigenvalue weighted by atomic mass is 10.2. The van der Waals surface area contributed by atoms with E-state index < -0.39 is 17.5 Å². The van der Waals surface area contributed by atoms with E-state index in [-0.39, 0.29) is 39.7 Å². The van der Waals surface area contributed by atoms with Gasteiger partial charge in [0.2, 0.25) is 5.96 Å². The number of aliphatic imine (C=N–C) groups is 1. The number of nitrogens with one attached hydrogen (secondary N) is 3. The van der Waals surface area contributed by atoms with Crippen LogP contribution >= 0.6 is 23.2 Å². The van der Waals surface area contributed by atoms with Gasteiger partial charge in [0.15, 0.2) is 5.82 Å². The molecule has 0 fully saturated rings. The molecule has 1 aromatic heterocycles. The van der Waals surface area contributed by atoms with Crippen molar-refractivity contribution in [2.24, 2.45) is 4.99 Å². The quantitative estimate of drug-likeness (QED) is 0.232. The number of anilines is 1. The van der Waals surface area contributed by atoms with Crippen molar-refractivity contribution in [3.05, 3.63) is 87.4 Å². The molecule has 3 aromatic carbocycles. The fraction of sp³-hybridized carbons (Fsp3) is 0.0455. The molecular weight excluding hydrogens is 475 g/mol. The number of aromatic nitrogens is 2. The average molecular weight is 490 g/mol. The Bertz CT molecular complexity index is 1370. The van der Waals surface area contributed by atoms with Crippen LogP contribution in [0.5, 0.6) is 5.75 Å². The Morgan fingerprint density at radius 2 is 1.94 bits per heavy atom. The molecule has 0 saturated carbocycles. The minimum absolute atomic E-state index is 0.0390. The number of carbonyl (C=O) groups is 1. The van der Waals surface area contributed by atoms with Gasteiger partial charge < -0.3 is 10.4 Å². The number of phenols is 1. The zero-order valence-corrected chi connectivity index (χ0v) is 18.2. The lowest BCUT2D eigenvalue weighted by molar-refractivity contribution is 0.0976. The molecule has 0 radical (unpaired) electrons. The maximum atomic E-state index is 14.0. The number of nitrogens with zero attached hydrogens (tertiary/aromatic N) is 2. The first-order chi connectivity index (χ1) is 15.8. The standard InChI is InChI=1S/C22H15Cl2F2N5O2/c23-13-4-11(5-14(25)7-13)10-27-22(29-21(33)12-2-1-3-15(32)6-12)28-20-16-8-18(26)17(24)9-19(16)30-31-20/h1-9,32H,10H2,(H3,27,28,29,30,31,33). The van der Waals surface area contributed by atoms with Gasteiger partial charge in [0, 0.05) is 16.0 Å². The van der Waals surface area contributed by atoms with Crippen LogP contribution in [-0.2, 0) is 6.54 Å². The van der Waals surface area contributed by atoms with Crippen LogP contribution in [0.2, 0.25) is 10.0 Å². The Kier molecular flexibility index (Phi) is 6.43. The predicted molar refractivity (Wildman–Crippen MR) is 123 cm³/mol. The van der Waals surface area contributed by atoms with Crippen LogP contribution in [-0.4, -0.2) is 27.2 Å². The van der Waals surface area contributed by atoms with Crippen molar-refractivity contribution in [1.82, 2.24) is 15.5 Å². The monoisotopic (exact) mass is 489 g/mol. The van der Waals surface area contributed by atoms with Gasteiger partial charge in [-0.3, -0.25) is 15.2 Å². The van der Waals surface area contributed by atoms with Crippen molar-refractivity contribution in [1.29, 1.82) is 0 Å². The van der Waals surface area contributed by atoms with Gasteiger partial charge in [0.1, 0.15) is 17.4 Å². The molecule has 11 heteroatoms. The maximum absolute atomic E-state index is 14.0. The van der Waals surface area contributed by atoms with Crippen LogP contribution in [0.15, 0.2) is 59.6 Å². The molecule has 7 nitrogen and oxygen atoms in total. The smallest absolute Gasteiger partial charge is 0.258 e. The number of rotatable bonds is 4. The first-order valence-corrected chi connectivity index (χ1v) is 10.2. The van der Waals surface area contributed by atoms with E-state index in [2.05, 4.69) is 25.8 Å². The number of hydrogen-bond acceptors (Lipinski definition) is 4. The third-order valence-corrected chi connectivity index (χ3v) is 5.03. The summed E-state index contributed by atoms with van der Waals surface area (Å²) < 4.78 is 27.7. The Morgan fingerprint density at radius 1 is 1.12 bits per heavy atom. The van der Waals surface area contributed by atoms with E-state index in [0.717, 1.165) is 6.07 Å². The number of aromatic amines is 1. The van der Waals surface area contributed by atoms with E-state index in [4.69, 9.17) is 23.2 Å². The number of guanidine groups is 1. The minimum Gasteiger partial charge on any atom is -0.508 e. The summed E-state index contributed by atoms with van der Waals surface area (Å²) in [5.74, 6) is -1.72. The SMILES string of the molecule is O=C(NC(=NCc1cc(F)cc(Cl)c1)Nc1n[nH]c2cc(Cl)c(F)cc12)c1cccc(O)c1. The third kappa shape index (κ3) is 5.39. The van der Waals surface area contributed by atoms with Crippen molar-refractivity contribution >= 4 is 51.8 Å². The van der Waals surface area contributed by atoms with Gasteiger partial charge in [0.05, 0.1) is 17.1 Å². The molecule has 0 unspecified atom stereocenters. The summed E-state index contributed by atoms with van der Waals surface area (Å²) >= 11 is 11.7. The molecule has 4 rings (SSSR count). The van der Waals surface area contributed by atoms with E-state index in [1.807, 2.05) is 0 Å². The lowest BCUT2D eigenvalue weighted by Gasteiger charge is -2.11. The van der Waals surface area contributed by atoms with Crippen LogP contribution in [0.4, 0.5) is 14.6 Å². The highest BCUT2D eigenvalue weighted by Gasteiger charge is 2.15. The highest BCUT2D eigenvalue weighted by Crippen LogP contribution is 2.26. The molecule has 0 spiro atoms. The van der Waals surface area contributed by atoms with Gasteiger partial charge in [-0.05, 0) is 54.1 Å². The Labute approximate surface area is 196 Å². The van der Waals surface area contributed by atoms with Gasteiger partial charge in [-0.25, -0.2) is 13.8 Å². The zero-order chi connectivity index (χ0) is 23.5. The van der Waals surface area contributed by atoms with Gasteiger partial charge >= 0.3 is 0 Å². The largest absolute Gasteiger partial charge is 0.508 e. The summed E-state index contributed by atoms with van der Waals surface area (Å²) in [6.07, 6.45) is 0. The van der Waals surface area contributed by atoms with E-state index >= 15 is 0 Å². The second-order valence-corrected chi connectivity index (χ2v) is 7.80. The number of halogens is 4. The molecule has 33 heavy (non-hydrogen) atoms. The predicted octanol–water partition coefficient (Wildman–Crippen LogP) is 5.25. The van der Waals surface area contributed by atoms with Crippen molar-refractivity contribution in [3.63, 3.8) is 0 Å². The van der Waals surface area contributed by atoms with E-state index in [1.165, 1.54) is 48.5 Å². The summed E-state index contributed by atoms with van der Waals surface area (Å²) in [5.41, 5.74) is 1.08. The number of carbonyl (C=O) groups excluding carboxylic acids is 1. The number of aromatic hydroxyl groups is 1. The Morgan fingerprint density at radius 3 is 2.70 bits per heavy atom. The van der Waals surface area contributed by atoms with Crippen molar-refractivity contribution in [3.8, 4) is 5.75 Å². The van der Waals surface area contributed by atoms with Gasteiger partial charge in [-0.15, -0.1) is 0 Å². The highest BCUT2D eigenvalue weighted by atomic mass is 35.5. The van der Waals surface area contributed by atoms with Crippen molar-refractivity contribution < 1.29 is 18.7 Å². The molecule has 1 heterocycles. The second-order valence-electron chi connectivity index (χ2n) is 6.96. The van der Waals surface area contributed by atoms with E-state index in [9.17, 15) is 18.7 Å². The molecule has 0 aliphatic rings. The number of benzene rings is 3. The van der Waals surface area contributed by atoms with Crippen LogP contribution in [0, 0.1) is 11.6 Å². The first-order valence-electron chi connectivity index (χ1n) is 9.48. The molecule has 168 valence electrons. The maximum Gasteiger partial charge on any atom is 0.258 e. The fourth-order valence-electron chi connectivity index (χ4n) is 3.03. The van der Waals surface area contributed by atoms with Crippen LogP contribution in [0.25, 0.3) is 10.9 Å². The summed E-state index contributed by atoms with van der Waals surface area (Å²) in [4.78, 5) is 17.0. The normalized spacial score (nSPS) is 11.6. The molecule has 0 saturated heterocycles. The number of hydrogen-bond donors (Lipinski definition) is 4. The number of H-pyrrole nitrogens is 1. The number of fused-ring (bicyclic) bond motifs is 1. The Balaban J connectivity index is 1.66. The summed E-state index contributed by atoms with van der Waals surface area (Å²) in [5, 5.41) is 22.3. The average Bonchev–Trinajstić information content (AvgIpc) is 3.13. The summed E-state index contributed by atoms with van der Waals surface area (Å²) in [6, 6.07) is 12.2. The first kappa shape index (κ1) is 22.5. The molecule has 0 aliphatic carbocycles. The van der Waals surface area contributed by atoms with Gasteiger partial charge in [-0.1, -0.05) is 29.3 Å². The van der Waals surface area contributed by atoms with Gasteiger partial charge in [0.25, 0.3) is 5.91 Å². The van der Waals surface area contributed by atoms with E-state index in [1.54, 1.807) is 0 Å². The Hall–Kier alpha value is -3.69.